The van der Waals surface area contributed by atoms with Crippen molar-refractivity contribution in [1.29, 1.82) is 0 Å². The highest BCUT2D eigenvalue weighted by atomic mass is 32.2. The Morgan fingerprint density at radius 3 is 1.67 bits per heavy atom. The standard InChI is InChI=1S/C20H34O2S2/c1-17(2)15-23-12-6-10-21-19-8-5-9-20(14-19)22-11-7-13-24-16-18(3)4/h5,8-9,14,17-18H,6-7,10-13,15-16H2,1-4H3. The van der Waals surface area contributed by atoms with Crippen LogP contribution in [0.15, 0.2) is 24.3 Å². The van der Waals surface area contributed by atoms with Gasteiger partial charge in [0, 0.05) is 6.07 Å². The van der Waals surface area contributed by atoms with Crippen LogP contribution in [0.5, 0.6) is 11.5 Å². The smallest absolute Gasteiger partial charge is 0.122 e. The Morgan fingerprint density at radius 2 is 1.25 bits per heavy atom. The Hall–Kier alpha value is -0.480. The summed E-state index contributed by atoms with van der Waals surface area (Å²) in [6.45, 7) is 10.6. The quantitative estimate of drug-likeness (QED) is 0.374. The van der Waals surface area contributed by atoms with E-state index < -0.39 is 0 Å². The van der Waals surface area contributed by atoms with Gasteiger partial charge in [-0.25, -0.2) is 0 Å². The van der Waals surface area contributed by atoms with Crippen molar-refractivity contribution in [2.24, 2.45) is 11.8 Å². The van der Waals surface area contributed by atoms with E-state index in [0.717, 1.165) is 49.4 Å². The maximum absolute atomic E-state index is 5.83. The monoisotopic (exact) mass is 370 g/mol. The Labute approximate surface area is 157 Å². The van der Waals surface area contributed by atoms with Gasteiger partial charge < -0.3 is 9.47 Å². The molecule has 0 aliphatic carbocycles. The first-order chi connectivity index (χ1) is 11.6. The summed E-state index contributed by atoms with van der Waals surface area (Å²) >= 11 is 4.02. The van der Waals surface area contributed by atoms with E-state index in [2.05, 4.69) is 27.7 Å². The zero-order valence-electron chi connectivity index (χ0n) is 15.8. The predicted molar refractivity (Wildman–Crippen MR) is 111 cm³/mol. The van der Waals surface area contributed by atoms with Crippen molar-refractivity contribution in [2.75, 3.05) is 36.2 Å². The van der Waals surface area contributed by atoms with E-state index in [1.165, 1.54) is 23.0 Å². The largest absolute Gasteiger partial charge is 0.493 e. The molecule has 4 heteroatoms. The molecule has 0 fully saturated rings. The molecule has 0 spiro atoms. The lowest BCUT2D eigenvalue weighted by molar-refractivity contribution is 0.303. The zero-order chi connectivity index (χ0) is 17.6. The highest BCUT2D eigenvalue weighted by molar-refractivity contribution is 7.99. The van der Waals surface area contributed by atoms with E-state index in [1.54, 1.807) is 0 Å². The molecule has 138 valence electrons. The van der Waals surface area contributed by atoms with Gasteiger partial charge in [-0.2, -0.15) is 23.5 Å². The number of benzene rings is 1. The van der Waals surface area contributed by atoms with Crippen LogP contribution in [0.3, 0.4) is 0 Å². The molecule has 0 bridgehead atoms. The van der Waals surface area contributed by atoms with Crippen LogP contribution < -0.4 is 9.47 Å². The predicted octanol–water partition coefficient (Wildman–Crippen LogP) is 6.00. The highest BCUT2D eigenvalue weighted by Crippen LogP contribution is 2.20. The van der Waals surface area contributed by atoms with Crippen LogP contribution in [0.1, 0.15) is 40.5 Å². The summed E-state index contributed by atoms with van der Waals surface area (Å²) in [5.41, 5.74) is 0. The van der Waals surface area contributed by atoms with Crippen molar-refractivity contribution >= 4 is 23.5 Å². The number of hydrogen-bond donors (Lipinski definition) is 0. The van der Waals surface area contributed by atoms with Crippen LogP contribution in [0, 0.1) is 11.8 Å². The van der Waals surface area contributed by atoms with Crippen LogP contribution in [0.2, 0.25) is 0 Å². The molecule has 0 unspecified atom stereocenters. The van der Waals surface area contributed by atoms with E-state index in [0.29, 0.717) is 0 Å². The molecule has 0 aliphatic heterocycles. The normalized spacial score (nSPS) is 11.2. The lowest BCUT2D eigenvalue weighted by Crippen LogP contribution is -2.02. The van der Waals surface area contributed by atoms with Crippen molar-refractivity contribution < 1.29 is 9.47 Å². The molecule has 0 saturated heterocycles. The number of hydrogen-bond acceptors (Lipinski definition) is 4. The third kappa shape index (κ3) is 12.0. The molecule has 0 amide bonds. The van der Waals surface area contributed by atoms with Crippen molar-refractivity contribution in [1.82, 2.24) is 0 Å². The molecular weight excluding hydrogens is 336 g/mol. The van der Waals surface area contributed by atoms with Crippen LogP contribution in [-0.4, -0.2) is 36.2 Å². The molecule has 0 radical (unpaired) electrons. The molecule has 0 aromatic heterocycles. The second-order valence-corrected chi connectivity index (χ2v) is 9.12. The van der Waals surface area contributed by atoms with Crippen LogP contribution >= 0.6 is 23.5 Å². The van der Waals surface area contributed by atoms with Crippen molar-refractivity contribution in [3.63, 3.8) is 0 Å². The average Bonchev–Trinajstić information content (AvgIpc) is 2.54. The summed E-state index contributed by atoms with van der Waals surface area (Å²) in [6, 6.07) is 8.02. The Morgan fingerprint density at radius 1 is 0.792 bits per heavy atom. The minimum atomic E-state index is 0.772. The van der Waals surface area contributed by atoms with E-state index in [1.807, 2.05) is 47.8 Å². The van der Waals surface area contributed by atoms with E-state index in [9.17, 15) is 0 Å². The highest BCUT2D eigenvalue weighted by Gasteiger charge is 2.00. The molecule has 0 aliphatic rings. The maximum atomic E-state index is 5.83. The van der Waals surface area contributed by atoms with Gasteiger partial charge in [-0.15, -0.1) is 0 Å². The fraction of sp³-hybridized carbons (Fsp3) is 0.700. The number of thioether (sulfide) groups is 2. The summed E-state index contributed by atoms with van der Waals surface area (Å²) in [6.07, 6.45) is 2.19. The SMILES string of the molecule is CC(C)CSCCCOc1cccc(OCCCSCC(C)C)c1. The van der Waals surface area contributed by atoms with Gasteiger partial charge in [0.2, 0.25) is 0 Å². The Balaban J connectivity index is 2.12. The molecule has 1 aromatic carbocycles. The Kier molecular flexibility index (Phi) is 12.4. The minimum Gasteiger partial charge on any atom is -0.493 e. The molecule has 0 N–H and O–H groups in total. The van der Waals surface area contributed by atoms with Gasteiger partial charge in [0.1, 0.15) is 11.5 Å². The first-order valence-electron chi connectivity index (χ1n) is 9.09. The van der Waals surface area contributed by atoms with Gasteiger partial charge in [-0.05, 0) is 59.8 Å². The van der Waals surface area contributed by atoms with Gasteiger partial charge >= 0.3 is 0 Å². The first kappa shape index (κ1) is 21.6. The van der Waals surface area contributed by atoms with Crippen LogP contribution in [0.25, 0.3) is 0 Å². The summed E-state index contributed by atoms with van der Waals surface area (Å²) in [7, 11) is 0. The second-order valence-electron chi connectivity index (χ2n) is 6.82. The van der Waals surface area contributed by atoms with Gasteiger partial charge in [0.15, 0.2) is 0 Å². The topological polar surface area (TPSA) is 18.5 Å². The molecule has 0 saturated carbocycles. The molecule has 1 aromatic rings. The van der Waals surface area contributed by atoms with Crippen molar-refractivity contribution in [2.45, 2.75) is 40.5 Å². The summed E-state index contributed by atoms with van der Waals surface area (Å²) < 4.78 is 11.7. The van der Waals surface area contributed by atoms with Crippen molar-refractivity contribution in [3.8, 4) is 11.5 Å². The lowest BCUT2D eigenvalue weighted by atomic mass is 10.3. The average molecular weight is 371 g/mol. The second kappa shape index (κ2) is 13.8. The fourth-order valence-electron chi connectivity index (χ4n) is 1.99. The third-order valence-electron chi connectivity index (χ3n) is 3.11. The number of ether oxygens (including phenoxy) is 2. The van der Waals surface area contributed by atoms with Crippen LogP contribution in [-0.2, 0) is 0 Å². The zero-order valence-corrected chi connectivity index (χ0v) is 17.4. The fourth-order valence-corrected chi connectivity index (χ4v) is 3.91. The van der Waals surface area contributed by atoms with Crippen LogP contribution in [0.4, 0.5) is 0 Å². The lowest BCUT2D eigenvalue weighted by Gasteiger charge is -2.10. The van der Waals surface area contributed by atoms with Gasteiger partial charge in [-0.3, -0.25) is 0 Å². The summed E-state index contributed by atoms with van der Waals surface area (Å²) in [5, 5.41) is 0. The maximum Gasteiger partial charge on any atom is 0.122 e. The molecule has 2 nitrogen and oxygen atoms in total. The minimum absolute atomic E-state index is 0.772. The summed E-state index contributed by atoms with van der Waals surface area (Å²) in [5.74, 6) is 8.18. The molecular formula is C20H34O2S2. The van der Waals surface area contributed by atoms with Crippen molar-refractivity contribution in [3.05, 3.63) is 24.3 Å². The Bertz CT molecular complexity index is 387. The first-order valence-corrected chi connectivity index (χ1v) is 11.4. The van der Waals surface area contributed by atoms with E-state index in [-0.39, 0.29) is 0 Å². The van der Waals surface area contributed by atoms with Gasteiger partial charge in [-0.1, -0.05) is 33.8 Å². The van der Waals surface area contributed by atoms with Gasteiger partial charge in [0.05, 0.1) is 13.2 Å². The molecule has 0 heterocycles. The third-order valence-corrected chi connectivity index (χ3v) is 6.07. The van der Waals surface area contributed by atoms with E-state index in [4.69, 9.17) is 9.47 Å². The van der Waals surface area contributed by atoms with E-state index >= 15 is 0 Å². The van der Waals surface area contributed by atoms with Gasteiger partial charge in [0.25, 0.3) is 0 Å². The molecule has 1 rings (SSSR count). The molecule has 24 heavy (non-hydrogen) atoms. The molecule has 0 atom stereocenters. The number of rotatable bonds is 14. The summed E-state index contributed by atoms with van der Waals surface area (Å²) in [4.78, 5) is 0.